The summed E-state index contributed by atoms with van der Waals surface area (Å²) >= 11 is 1.79. The number of hydrogen-bond donors (Lipinski definition) is 0. The Kier molecular flexibility index (Phi) is 6.95. The summed E-state index contributed by atoms with van der Waals surface area (Å²) in [6.45, 7) is 9.23. The standard InChI is InChI=1S/C24H33N3O2S/c1-19-18-20-23(30-19)10-7-13-27(24(20)28)12-6-5-11-25-14-16-26(17-15-25)21-8-3-4-9-22(21)29-2/h3-4,8-9,18H,5-7,10-17H2,1-2H3. The summed E-state index contributed by atoms with van der Waals surface area (Å²) in [4.78, 5) is 22.5. The van der Waals surface area contributed by atoms with E-state index < -0.39 is 0 Å². The van der Waals surface area contributed by atoms with Crippen molar-refractivity contribution in [2.75, 3.05) is 57.8 Å². The van der Waals surface area contributed by atoms with Crippen LogP contribution in [0.3, 0.4) is 0 Å². The second-order valence-electron chi connectivity index (χ2n) is 8.30. The van der Waals surface area contributed by atoms with E-state index in [2.05, 4.69) is 39.8 Å². The number of thiophene rings is 1. The Bertz CT molecular complexity index is 858. The SMILES string of the molecule is COc1ccccc1N1CCN(CCCCN2CCCc3sc(C)cc3C2=O)CC1. The van der Waals surface area contributed by atoms with E-state index in [4.69, 9.17) is 4.74 Å². The minimum atomic E-state index is 0.247. The fraction of sp³-hybridized carbons (Fsp3) is 0.542. The van der Waals surface area contributed by atoms with Gasteiger partial charge in [0.05, 0.1) is 18.4 Å². The number of piperazine rings is 1. The van der Waals surface area contributed by atoms with Gasteiger partial charge < -0.3 is 14.5 Å². The number of hydrogen-bond acceptors (Lipinski definition) is 5. The van der Waals surface area contributed by atoms with E-state index in [1.165, 1.54) is 15.4 Å². The maximum absolute atomic E-state index is 12.9. The smallest absolute Gasteiger partial charge is 0.254 e. The van der Waals surface area contributed by atoms with E-state index in [-0.39, 0.29) is 5.91 Å². The molecule has 3 heterocycles. The number of methoxy groups -OCH3 is 1. The Balaban J connectivity index is 1.20. The number of para-hydroxylation sites is 2. The van der Waals surface area contributed by atoms with Gasteiger partial charge in [-0.1, -0.05) is 12.1 Å². The van der Waals surface area contributed by atoms with Gasteiger partial charge in [-0.15, -0.1) is 11.3 Å². The van der Waals surface area contributed by atoms with Gasteiger partial charge in [-0.2, -0.15) is 0 Å². The lowest BCUT2D eigenvalue weighted by atomic mass is 10.2. The zero-order valence-corrected chi connectivity index (χ0v) is 19.0. The molecule has 1 aromatic heterocycles. The van der Waals surface area contributed by atoms with Crippen LogP contribution in [0.15, 0.2) is 30.3 Å². The first kappa shape index (κ1) is 21.2. The van der Waals surface area contributed by atoms with Crippen molar-refractivity contribution in [3.8, 4) is 5.75 Å². The molecule has 2 aliphatic heterocycles. The van der Waals surface area contributed by atoms with Crippen LogP contribution < -0.4 is 9.64 Å². The first-order valence-electron chi connectivity index (χ1n) is 11.1. The predicted molar refractivity (Wildman–Crippen MR) is 124 cm³/mol. The minimum absolute atomic E-state index is 0.247. The summed E-state index contributed by atoms with van der Waals surface area (Å²) in [5.74, 6) is 1.20. The number of carbonyl (C=O) groups excluding carboxylic acids is 1. The van der Waals surface area contributed by atoms with Crippen LogP contribution in [0, 0.1) is 6.92 Å². The van der Waals surface area contributed by atoms with Crippen molar-refractivity contribution >= 4 is 22.9 Å². The molecule has 4 rings (SSSR count). The van der Waals surface area contributed by atoms with Crippen LogP contribution in [0.25, 0.3) is 0 Å². The van der Waals surface area contributed by atoms with Crippen molar-refractivity contribution in [1.29, 1.82) is 0 Å². The molecule has 0 aliphatic carbocycles. The second kappa shape index (κ2) is 9.84. The van der Waals surface area contributed by atoms with Gasteiger partial charge >= 0.3 is 0 Å². The molecule has 0 bridgehead atoms. The van der Waals surface area contributed by atoms with Gasteiger partial charge in [-0.05, 0) is 57.4 Å². The van der Waals surface area contributed by atoms with E-state index in [0.29, 0.717) is 0 Å². The van der Waals surface area contributed by atoms with Gasteiger partial charge in [0.1, 0.15) is 5.75 Å². The summed E-state index contributed by atoms with van der Waals surface area (Å²) < 4.78 is 5.52. The van der Waals surface area contributed by atoms with Crippen LogP contribution in [-0.2, 0) is 6.42 Å². The van der Waals surface area contributed by atoms with Gasteiger partial charge in [0.2, 0.25) is 0 Å². The van der Waals surface area contributed by atoms with Crippen molar-refractivity contribution in [2.45, 2.75) is 32.6 Å². The normalized spacial score (nSPS) is 17.7. The molecule has 6 heteroatoms. The fourth-order valence-corrected chi connectivity index (χ4v) is 5.65. The van der Waals surface area contributed by atoms with E-state index in [0.717, 1.165) is 82.8 Å². The Hall–Kier alpha value is -2.05. The molecule has 0 saturated carbocycles. The van der Waals surface area contributed by atoms with Gasteiger partial charge in [0, 0.05) is 49.0 Å². The predicted octanol–water partition coefficient (Wildman–Crippen LogP) is 4.06. The second-order valence-corrected chi connectivity index (χ2v) is 9.64. The van der Waals surface area contributed by atoms with E-state index in [9.17, 15) is 4.79 Å². The summed E-state index contributed by atoms with van der Waals surface area (Å²) in [5, 5.41) is 0. The number of rotatable bonds is 7. The third-order valence-electron chi connectivity index (χ3n) is 6.23. The molecule has 1 aromatic carbocycles. The van der Waals surface area contributed by atoms with E-state index >= 15 is 0 Å². The average Bonchev–Trinajstić information content (AvgIpc) is 3.09. The Morgan fingerprint density at radius 2 is 1.80 bits per heavy atom. The molecule has 1 saturated heterocycles. The molecule has 0 spiro atoms. The van der Waals surface area contributed by atoms with Gasteiger partial charge in [-0.3, -0.25) is 9.69 Å². The van der Waals surface area contributed by atoms with Gasteiger partial charge in [0.15, 0.2) is 0 Å². The van der Waals surface area contributed by atoms with Gasteiger partial charge in [0.25, 0.3) is 5.91 Å². The molecule has 5 nitrogen and oxygen atoms in total. The molecule has 0 atom stereocenters. The van der Waals surface area contributed by atoms with Crippen LogP contribution >= 0.6 is 11.3 Å². The zero-order chi connectivity index (χ0) is 20.9. The monoisotopic (exact) mass is 427 g/mol. The first-order chi connectivity index (χ1) is 14.7. The number of benzene rings is 1. The van der Waals surface area contributed by atoms with Crippen molar-refractivity contribution in [3.05, 3.63) is 45.6 Å². The quantitative estimate of drug-likeness (QED) is 0.625. The molecular weight excluding hydrogens is 394 g/mol. The number of amides is 1. The molecular formula is C24H33N3O2S. The molecule has 2 aliphatic rings. The summed E-state index contributed by atoms with van der Waals surface area (Å²) in [5.41, 5.74) is 2.16. The maximum Gasteiger partial charge on any atom is 0.254 e. The number of carbonyl (C=O) groups is 1. The maximum atomic E-state index is 12.9. The van der Waals surface area contributed by atoms with Crippen LogP contribution in [-0.4, -0.2) is 68.6 Å². The molecule has 1 amide bonds. The van der Waals surface area contributed by atoms with Crippen molar-refractivity contribution < 1.29 is 9.53 Å². The third-order valence-corrected chi connectivity index (χ3v) is 7.34. The topological polar surface area (TPSA) is 36.0 Å². The Labute approximate surface area is 184 Å². The summed E-state index contributed by atoms with van der Waals surface area (Å²) in [7, 11) is 1.74. The minimum Gasteiger partial charge on any atom is -0.495 e. The molecule has 0 N–H and O–H groups in total. The van der Waals surface area contributed by atoms with E-state index in [1.807, 2.05) is 12.1 Å². The number of anilines is 1. The number of nitrogens with zero attached hydrogens (tertiary/aromatic N) is 3. The Morgan fingerprint density at radius 3 is 2.60 bits per heavy atom. The van der Waals surface area contributed by atoms with Crippen LogP contribution in [0.5, 0.6) is 5.75 Å². The number of ether oxygens (including phenoxy) is 1. The van der Waals surface area contributed by atoms with E-state index in [1.54, 1.807) is 18.4 Å². The highest BCUT2D eigenvalue weighted by molar-refractivity contribution is 7.12. The highest BCUT2D eigenvalue weighted by Crippen LogP contribution is 2.29. The molecule has 162 valence electrons. The molecule has 2 aromatic rings. The third kappa shape index (κ3) is 4.81. The lowest BCUT2D eigenvalue weighted by Gasteiger charge is -2.36. The molecule has 30 heavy (non-hydrogen) atoms. The lowest BCUT2D eigenvalue weighted by Crippen LogP contribution is -2.46. The van der Waals surface area contributed by atoms with Crippen molar-refractivity contribution in [1.82, 2.24) is 9.80 Å². The van der Waals surface area contributed by atoms with Gasteiger partial charge in [-0.25, -0.2) is 0 Å². The number of fused-ring (bicyclic) bond motifs is 1. The lowest BCUT2D eigenvalue weighted by molar-refractivity contribution is 0.0756. The highest BCUT2D eigenvalue weighted by atomic mass is 32.1. The molecule has 0 unspecified atom stereocenters. The molecule has 1 fully saturated rings. The first-order valence-corrected chi connectivity index (χ1v) is 12.0. The van der Waals surface area contributed by atoms with Crippen LogP contribution in [0.4, 0.5) is 5.69 Å². The number of unbranched alkanes of at least 4 members (excludes halogenated alkanes) is 1. The highest BCUT2D eigenvalue weighted by Gasteiger charge is 2.24. The molecule has 0 radical (unpaired) electrons. The van der Waals surface area contributed by atoms with Crippen molar-refractivity contribution in [2.24, 2.45) is 0 Å². The largest absolute Gasteiger partial charge is 0.495 e. The van der Waals surface area contributed by atoms with Crippen molar-refractivity contribution in [3.63, 3.8) is 0 Å². The van der Waals surface area contributed by atoms with Crippen LogP contribution in [0.2, 0.25) is 0 Å². The summed E-state index contributed by atoms with van der Waals surface area (Å²) in [6.07, 6.45) is 4.36. The zero-order valence-electron chi connectivity index (χ0n) is 18.2. The van der Waals surface area contributed by atoms with Crippen LogP contribution in [0.1, 0.15) is 39.4 Å². The Morgan fingerprint density at radius 1 is 1.03 bits per heavy atom. The summed E-state index contributed by atoms with van der Waals surface area (Å²) in [6, 6.07) is 10.4. The number of aryl methyl sites for hydroxylation is 2. The fourth-order valence-electron chi connectivity index (χ4n) is 4.59. The average molecular weight is 428 g/mol.